The second-order valence-electron chi connectivity index (χ2n) is 6.34. The summed E-state index contributed by atoms with van der Waals surface area (Å²) < 4.78 is 5.42. The number of para-hydroxylation sites is 1. The zero-order valence-corrected chi connectivity index (χ0v) is 15.3. The highest BCUT2D eigenvalue weighted by Gasteiger charge is 2.43. The molecule has 0 aliphatic carbocycles. The van der Waals surface area contributed by atoms with Crippen LogP contribution in [0.1, 0.15) is 31.4 Å². The molecule has 2 rings (SSSR count). The number of ketones is 1. The number of methoxy groups -OCH3 is 1. The lowest BCUT2D eigenvalue weighted by atomic mass is 9.94. The predicted molar refractivity (Wildman–Crippen MR) is 95.6 cm³/mol. The van der Waals surface area contributed by atoms with Gasteiger partial charge in [-0.15, -0.1) is 0 Å². The molecule has 1 N–H and O–H groups in total. The fourth-order valence-corrected chi connectivity index (χ4v) is 3.13. The summed E-state index contributed by atoms with van der Waals surface area (Å²) in [4.78, 5) is 28.6. The maximum atomic E-state index is 12.6. The van der Waals surface area contributed by atoms with Crippen LogP contribution in [0.4, 0.5) is 0 Å². The molecule has 1 aromatic rings. The van der Waals surface area contributed by atoms with E-state index in [4.69, 9.17) is 4.74 Å². The lowest BCUT2D eigenvalue weighted by molar-refractivity contribution is -0.129. The highest BCUT2D eigenvalue weighted by atomic mass is 16.5. The molecular formula is C19H26N2O4. The van der Waals surface area contributed by atoms with Gasteiger partial charge in [-0.25, -0.2) is 0 Å². The average Bonchev–Trinajstić information content (AvgIpc) is 2.85. The van der Waals surface area contributed by atoms with Crippen LogP contribution >= 0.6 is 0 Å². The first-order valence-electron chi connectivity index (χ1n) is 8.47. The molecule has 0 saturated heterocycles. The number of carbonyl (C=O) groups is 2. The number of aliphatic hydroxyl groups is 1. The summed E-state index contributed by atoms with van der Waals surface area (Å²) in [5, 5.41) is 10.3. The van der Waals surface area contributed by atoms with E-state index in [0.717, 1.165) is 13.0 Å². The number of amides is 1. The van der Waals surface area contributed by atoms with Crippen LogP contribution in [-0.2, 0) is 9.59 Å². The van der Waals surface area contributed by atoms with Crippen LogP contribution in [-0.4, -0.2) is 60.9 Å². The van der Waals surface area contributed by atoms with E-state index >= 15 is 0 Å². The molecule has 1 aromatic carbocycles. The Balaban J connectivity index is 2.45. The van der Waals surface area contributed by atoms with E-state index in [1.54, 1.807) is 25.0 Å². The Kier molecular flexibility index (Phi) is 6.20. The van der Waals surface area contributed by atoms with Crippen LogP contribution in [0.25, 0.3) is 0 Å². The molecule has 0 aromatic heterocycles. The third kappa shape index (κ3) is 3.85. The Morgan fingerprint density at radius 2 is 2.00 bits per heavy atom. The van der Waals surface area contributed by atoms with Crippen LogP contribution in [0, 0.1) is 0 Å². The quantitative estimate of drug-likeness (QED) is 0.782. The molecule has 136 valence electrons. The van der Waals surface area contributed by atoms with Gasteiger partial charge in [-0.3, -0.25) is 9.59 Å². The molecular weight excluding hydrogens is 320 g/mol. The van der Waals surface area contributed by atoms with Gasteiger partial charge in [0, 0.05) is 18.5 Å². The van der Waals surface area contributed by atoms with E-state index in [1.807, 2.05) is 37.2 Å². The molecule has 1 aliphatic heterocycles. The Hall–Kier alpha value is -2.34. The van der Waals surface area contributed by atoms with Crippen molar-refractivity contribution >= 4 is 11.7 Å². The van der Waals surface area contributed by atoms with E-state index in [2.05, 4.69) is 0 Å². The smallest absolute Gasteiger partial charge is 0.290 e. The van der Waals surface area contributed by atoms with Crippen molar-refractivity contribution in [1.29, 1.82) is 0 Å². The summed E-state index contributed by atoms with van der Waals surface area (Å²) in [6.07, 6.45) is 0.967. The minimum atomic E-state index is -0.613. The largest absolute Gasteiger partial charge is 0.503 e. The topological polar surface area (TPSA) is 70.1 Å². The molecule has 0 saturated carbocycles. The molecule has 0 spiro atoms. The Labute approximate surface area is 148 Å². The maximum Gasteiger partial charge on any atom is 0.290 e. The monoisotopic (exact) mass is 346 g/mol. The molecule has 1 unspecified atom stereocenters. The summed E-state index contributed by atoms with van der Waals surface area (Å²) in [7, 11) is 5.48. The number of rotatable bonds is 8. The highest BCUT2D eigenvalue weighted by Crippen LogP contribution is 2.41. The fraction of sp³-hybridized carbons (Fsp3) is 0.474. The summed E-state index contributed by atoms with van der Waals surface area (Å²) in [5.41, 5.74) is 0.880. The SMILES string of the molecule is CCC(=O)C1=C(O)C(=O)N(CCCN(C)C)C1c1ccccc1OC. The van der Waals surface area contributed by atoms with Gasteiger partial charge in [-0.1, -0.05) is 25.1 Å². The molecule has 0 bridgehead atoms. The fourth-order valence-electron chi connectivity index (χ4n) is 3.13. The first kappa shape index (κ1) is 19.0. The summed E-state index contributed by atoms with van der Waals surface area (Å²) in [5.74, 6) is -0.565. The van der Waals surface area contributed by atoms with Crippen LogP contribution < -0.4 is 4.74 Å². The average molecular weight is 346 g/mol. The summed E-state index contributed by atoms with van der Waals surface area (Å²) in [6.45, 7) is 2.98. The molecule has 1 amide bonds. The van der Waals surface area contributed by atoms with Crippen molar-refractivity contribution in [1.82, 2.24) is 9.80 Å². The molecule has 1 heterocycles. The van der Waals surface area contributed by atoms with Crippen molar-refractivity contribution < 1.29 is 19.4 Å². The second kappa shape index (κ2) is 8.16. The minimum Gasteiger partial charge on any atom is -0.503 e. The van der Waals surface area contributed by atoms with E-state index in [0.29, 0.717) is 17.9 Å². The lowest BCUT2D eigenvalue weighted by Crippen LogP contribution is -2.33. The van der Waals surface area contributed by atoms with Crippen molar-refractivity contribution in [3.05, 3.63) is 41.2 Å². The first-order valence-corrected chi connectivity index (χ1v) is 8.47. The van der Waals surface area contributed by atoms with Crippen molar-refractivity contribution in [2.24, 2.45) is 0 Å². The summed E-state index contributed by atoms with van der Waals surface area (Å²) >= 11 is 0. The van der Waals surface area contributed by atoms with Gasteiger partial charge >= 0.3 is 0 Å². The molecule has 0 radical (unpaired) electrons. The molecule has 1 atom stereocenters. The predicted octanol–water partition coefficient (Wildman–Crippen LogP) is 2.32. The van der Waals surface area contributed by atoms with Crippen molar-refractivity contribution in [3.63, 3.8) is 0 Å². The number of Topliss-reactive ketones (excluding diaryl/α,β-unsaturated/α-hetero) is 1. The van der Waals surface area contributed by atoms with E-state index < -0.39 is 17.7 Å². The third-order valence-corrected chi connectivity index (χ3v) is 4.36. The number of nitrogens with zero attached hydrogens (tertiary/aromatic N) is 2. The minimum absolute atomic E-state index is 0.168. The first-order chi connectivity index (χ1) is 11.9. The van der Waals surface area contributed by atoms with Gasteiger partial charge in [0.1, 0.15) is 5.75 Å². The number of carbonyl (C=O) groups excluding carboxylic acids is 2. The van der Waals surface area contributed by atoms with Gasteiger partial charge in [0.05, 0.1) is 18.7 Å². The van der Waals surface area contributed by atoms with Crippen LogP contribution in [0.15, 0.2) is 35.6 Å². The molecule has 6 nitrogen and oxygen atoms in total. The van der Waals surface area contributed by atoms with Crippen molar-refractivity contribution in [2.75, 3.05) is 34.3 Å². The highest BCUT2D eigenvalue weighted by molar-refractivity contribution is 6.08. The van der Waals surface area contributed by atoms with E-state index in [9.17, 15) is 14.7 Å². The second-order valence-corrected chi connectivity index (χ2v) is 6.34. The number of ether oxygens (including phenoxy) is 1. The molecule has 1 aliphatic rings. The Bertz CT molecular complexity index is 682. The third-order valence-electron chi connectivity index (χ3n) is 4.36. The lowest BCUT2D eigenvalue weighted by Gasteiger charge is -2.28. The maximum absolute atomic E-state index is 12.6. The number of aliphatic hydroxyl groups excluding tert-OH is 1. The van der Waals surface area contributed by atoms with Crippen LogP contribution in [0.2, 0.25) is 0 Å². The van der Waals surface area contributed by atoms with E-state index in [-0.39, 0.29) is 17.8 Å². The number of benzene rings is 1. The molecule has 0 fully saturated rings. The van der Waals surface area contributed by atoms with Crippen molar-refractivity contribution in [3.8, 4) is 5.75 Å². The molecule has 25 heavy (non-hydrogen) atoms. The zero-order chi connectivity index (χ0) is 18.6. The Morgan fingerprint density at radius 1 is 1.32 bits per heavy atom. The van der Waals surface area contributed by atoms with Crippen LogP contribution in [0.5, 0.6) is 5.75 Å². The number of hydrogen-bond donors (Lipinski definition) is 1. The van der Waals surface area contributed by atoms with Gasteiger partial charge in [0.25, 0.3) is 5.91 Å². The van der Waals surface area contributed by atoms with Gasteiger partial charge < -0.3 is 19.6 Å². The van der Waals surface area contributed by atoms with E-state index in [1.165, 1.54) is 0 Å². The van der Waals surface area contributed by atoms with Gasteiger partial charge in [0.2, 0.25) is 0 Å². The number of hydrogen-bond acceptors (Lipinski definition) is 5. The summed E-state index contributed by atoms with van der Waals surface area (Å²) in [6, 6.07) is 6.68. The van der Waals surface area contributed by atoms with Crippen LogP contribution in [0.3, 0.4) is 0 Å². The van der Waals surface area contributed by atoms with Gasteiger partial charge in [-0.2, -0.15) is 0 Å². The van der Waals surface area contributed by atoms with Crippen molar-refractivity contribution in [2.45, 2.75) is 25.8 Å². The van der Waals surface area contributed by atoms with Gasteiger partial charge in [-0.05, 0) is 33.1 Å². The normalized spacial score (nSPS) is 17.6. The Morgan fingerprint density at radius 3 is 2.60 bits per heavy atom. The zero-order valence-electron chi connectivity index (χ0n) is 15.3. The molecule has 6 heteroatoms. The standard InChI is InChI=1S/C19H26N2O4/c1-5-14(22)16-17(13-9-6-7-10-15(13)25-4)21(19(24)18(16)23)12-8-11-20(2)3/h6-7,9-10,17,23H,5,8,11-12H2,1-4H3. The van der Waals surface area contributed by atoms with Gasteiger partial charge in [0.15, 0.2) is 11.5 Å².